The molecule has 0 radical (unpaired) electrons. The summed E-state index contributed by atoms with van der Waals surface area (Å²) in [6.07, 6.45) is 3.66. The second-order valence-corrected chi connectivity index (χ2v) is 9.86. The summed E-state index contributed by atoms with van der Waals surface area (Å²) in [6.45, 7) is 2.41. The number of halogens is 1. The quantitative estimate of drug-likeness (QED) is 0.263. The summed E-state index contributed by atoms with van der Waals surface area (Å²) in [5.41, 5.74) is 4.07. The number of nitrogens with zero attached hydrogens (tertiary/aromatic N) is 3. The predicted molar refractivity (Wildman–Crippen MR) is 155 cm³/mol. The molecule has 39 heavy (non-hydrogen) atoms. The summed E-state index contributed by atoms with van der Waals surface area (Å²) < 4.78 is 7.50. The van der Waals surface area contributed by atoms with Crippen LogP contribution in [0, 0.1) is 0 Å². The Balaban J connectivity index is 1.51. The third-order valence-corrected chi connectivity index (χ3v) is 7.13. The molecule has 8 heteroatoms. The van der Waals surface area contributed by atoms with Gasteiger partial charge in [-0.25, -0.2) is 4.79 Å². The standard InChI is InChI=1S/C31H31ClN4O3/c1-3-4-18-34(31(38)33-24-13-5-8-17-28(24)39-2)21-29(37)36-26-15-7-6-14-25(26)35-19-10-16-27(35)30(36)22-11-9-12-23(32)20-22/h5-17,19-20,30H,3-4,18,21H2,1-2H3,(H,33,38). The van der Waals surface area contributed by atoms with E-state index >= 15 is 0 Å². The first-order valence-electron chi connectivity index (χ1n) is 13.0. The number of amides is 3. The normalized spacial score (nSPS) is 13.8. The maximum atomic E-state index is 14.3. The van der Waals surface area contributed by atoms with Crippen molar-refractivity contribution in [3.8, 4) is 11.4 Å². The van der Waals surface area contributed by atoms with Crippen LogP contribution in [0.15, 0.2) is 91.1 Å². The van der Waals surface area contributed by atoms with Crippen molar-refractivity contribution in [2.75, 3.05) is 30.4 Å². The van der Waals surface area contributed by atoms with Crippen molar-refractivity contribution in [2.45, 2.75) is 25.8 Å². The van der Waals surface area contributed by atoms with Crippen molar-refractivity contribution in [1.82, 2.24) is 9.47 Å². The average molecular weight is 543 g/mol. The number of urea groups is 1. The number of fused-ring (bicyclic) bond motifs is 3. The number of hydrogen-bond acceptors (Lipinski definition) is 3. The van der Waals surface area contributed by atoms with Gasteiger partial charge in [-0.15, -0.1) is 0 Å². The van der Waals surface area contributed by atoms with Crippen LogP contribution >= 0.6 is 11.6 Å². The predicted octanol–water partition coefficient (Wildman–Crippen LogP) is 6.91. The summed E-state index contributed by atoms with van der Waals surface area (Å²) in [4.78, 5) is 31.1. The minimum atomic E-state index is -0.411. The summed E-state index contributed by atoms with van der Waals surface area (Å²) in [7, 11) is 1.56. The van der Waals surface area contributed by atoms with Gasteiger partial charge in [-0.05, 0) is 60.5 Å². The molecule has 5 rings (SSSR count). The molecule has 3 amide bonds. The van der Waals surface area contributed by atoms with E-state index in [1.807, 2.05) is 79.0 Å². The van der Waals surface area contributed by atoms with Gasteiger partial charge in [0, 0.05) is 17.8 Å². The van der Waals surface area contributed by atoms with Crippen LogP contribution in [0.25, 0.3) is 5.69 Å². The number of aromatic nitrogens is 1. The second kappa shape index (κ2) is 11.7. The minimum absolute atomic E-state index is 0.0902. The average Bonchev–Trinajstić information content (AvgIpc) is 3.44. The lowest BCUT2D eigenvalue weighted by molar-refractivity contribution is -0.119. The Bertz CT molecular complexity index is 1480. The number of anilines is 2. The van der Waals surface area contributed by atoms with Gasteiger partial charge in [0.25, 0.3) is 0 Å². The maximum Gasteiger partial charge on any atom is 0.322 e. The number of unbranched alkanes of at least 4 members (excludes halogenated alkanes) is 1. The first kappa shape index (κ1) is 26.4. The van der Waals surface area contributed by atoms with E-state index in [4.69, 9.17) is 16.3 Å². The molecule has 1 atom stereocenters. The molecule has 1 N–H and O–H groups in total. The highest BCUT2D eigenvalue weighted by Crippen LogP contribution is 2.42. The number of ether oxygens (including phenoxy) is 1. The Morgan fingerprint density at radius 2 is 1.74 bits per heavy atom. The Labute approximate surface area is 233 Å². The number of carbonyl (C=O) groups excluding carboxylic acids is 2. The van der Waals surface area contributed by atoms with E-state index in [-0.39, 0.29) is 18.5 Å². The lowest BCUT2D eigenvalue weighted by atomic mass is 9.97. The molecule has 1 unspecified atom stereocenters. The summed E-state index contributed by atoms with van der Waals surface area (Å²) in [5.74, 6) is 0.366. The molecule has 0 aliphatic carbocycles. The molecule has 2 heterocycles. The zero-order valence-corrected chi connectivity index (χ0v) is 22.8. The number of carbonyl (C=O) groups is 2. The number of hydrogen-bond donors (Lipinski definition) is 1. The zero-order valence-electron chi connectivity index (χ0n) is 22.0. The Hall–Kier alpha value is -4.23. The van der Waals surface area contributed by atoms with Crippen molar-refractivity contribution in [1.29, 1.82) is 0 Å². The molecular formula is C31H31ClN4O3. The molecule has 0 spiro atoms. The summed E-state index contributed by atoms with van der Waals surface area (Å²) in [6, 6.07) is 25.9. The highest BCUT2D eigenvalue weighted by atomic mass is 35.5. The maximum absolute atomic E-state index is 14.3. The van der Waals surface area contributed by atoms with Gasteiger partial charge in [0.2, 0.25) is 5.91 Å². The summed E-state index contributed by atoms with van der Waals surface area (Å²) in [5, 5.41) is 3.52. The number of para-hydroxylation sites is 4. The fraction of sp³-hybridized carbons (Fsp3) is 0.226. The molecule has 0 bridgehead atoms. The van der Waals surface area contributed by atoms with Gasteiger partial charge < -0.3 is 19.5 Å². The highest BCUT2D eigenvalue weighted by molar-refractivity contribution is 6.30. The van der Waals surface area contributed by atoms with Crippen LogP contribution in [0.5, 0.6) is 5.75 Å². The zero-order chi connectivity index (χ0) is 27.4. The van der Waals surface area contributed by atoms with Crippen molar-refractivity contribution < 1.29 is 14.3 Å². The smallest absolute Gasteiger partial charge is 0.322 e. The largest absolute Gasteiger partial charge is 0.495 e. The van der Waals surface area contributed by atoms with Gasteiger partial charge >= 0.3 is 6.03 Å². The van der Waals surface area contributed by atoms with Crippen molar-refractivity contribution in [2.24, 2.45) is 0 Å². The first-order valence-corrected chi connectivity index (χ1v) is 13.4. The Morgan fingerprint density at radius 1 is 0.974 bits per heavy atom. The molecule has 3 aromatic carbocycles. The van der Waals surface area contributed by atoms with Gasteiger partial charge in [0.05, 0.1) is 29.9 Å². The van der Waals surface area contributed by atoms with E-state index in [1.54, 1.807) is 29.0 Å². The summed E-state index contributed by atoms with van der Waals surface area (Å²) >= 11 is 6.40. The minimum Gasteiger partial charge on any atom is -0.495 e. The SMILES string of the molecule is CCCCN(CC(=O)N1c2ccccc2-n2cccc2C1c1cccc(Cl)c1)C(=O)Nc1ccccc1OC. The van der Waals surface area contributed by atoms with E-state index in [2.05, 4.69) is 16.8 Å². The van der Waals surface area contributed by atoms with Crippen LogP contribution < -0.4 is 15.0 Å². The van der Waals surface area contributed by atoms with Gasteiger partial charge in [-0.3, -0.25) is 9.69 Å². The Kier molecular flexibility index (Phi) is 7.89. The number of benzene rings is 3. The molecule has 7 nitrogen and oxygen atoms in total. The van der Waals surface area contributed by atoms with E-state index < -0.39 is 6.04 Å². The van der Waals surface area contributed by atoms with Crippen LogP contribution in [0.1, 0.15) is 37.1 Å². The molecule has 1 aromatic heterocycles. The van der Waals surface area contributed by atoms with Gasteiger partial charge in [-0.1, -0.05) is 61.3 Å². The number of rotatable bonds is 8. The number of nitrogens with one attached hydrogen (secondary N) is 1. The fourth-order valence-electron chi connectivity index (χ4n) is 5.04. The lowest BCUT2D eigenvalue weighted by Crippen LogP contribution is -2.48. The van der Waals surface area contributed by atoms with Crippen molar-refractivity contribution in [3.63, 3.8) is 0 Å². The third-order valence-electron chi connectivity index (χ3n) is 6.90. The molecule has 0 fully saturated rings. The van der Waals surface area contributed by atoms with Gasteiger partial charge in [-0.2, -0.15) is 0 Å². The molecular weight excluding hydrogens is 512 g/mol. The molecule has 1 aliphatic heterocycles. The Morgan fingerprint density at radius 3 is 2.51 bits per heavy atom. The topological polar surface area (TPSA) is 66.8 Å². The van der Waals surface area contributed by atoms with Crippen LogP contribution in [0.4, 0.5) is 16.2 Å². The van der Waals surface area contributed by atoms with Gasteiger partial charge in [0.1, 0.15) is 18.3 Å². The number of methoxy groups -OCH3 is 1. The van der Waals surface area contributed by atoms with E-state index in [9.17, 15) is 9.59 Å². The fourth-order valence-corrected chi connectivity index (χ4v) is 5.24. The van der Waals surface area contributed by atoms with Crippen LogP contribution in [0.2, 0.25) is 5.02 Å². The van der Waals surface area contributed by atoms with Crippen LogP contribution in [-0.4, -0.2) is 41.6 Å². The van der Waals surface area contributed by atoms with E-state index in [0.717, 1.165) is 35.5 Å². The molecule has 200 valence electrons. The molecule has 0 saturated carbocycles. The highest BCUT2D eigenvalue weighted by Gasteiger charge is 2.37. The monoisotopic (exact) mass is 542 g/mol. The van der Waals surface area contributed by atoms with Gasteiger partial charge in [0.15, 0.2) is 0 Å². The molecule has 1 aliphatic rings. The third kappa shape index (κ3) is 5.36. The van der Waals surface area contributed by atoms with Crippen LogP contribution in [0.3, 0.4) is 0 Å². The van der Waals surface area contributed by atoms with Crippen LogP contribution in [-0.2, 0) is 4.79 Å². The molecule has 0 saturated heterocycles. The lowest BCUT2D eigenvalue weighted by Gasteiger charge is -2.39. The van der Waals surface area contributed by atoms with Crippen molar-refractivity contribution >= 4 is 34.9 Å². The second-order valence-electron chi connectivity index (χ2n) is 9.42. The molecule has 4 aromatic rings. The van der Waals surface area contributed by atoms with E-state index in [1.165, 1.54) is 0 Å². The van der Waals surface area contributed by atoms with E-state index in [0.29, 0.717) is 23.0 Å². The first-order chi connectivity index (χ1) is 19.0. The van der Waals surface area contributed by atoms with Crippen molar-refractivity contribution in [3.05, 3.63) is 107 Å².